The first kappa shape index (κ1) is 9.48. The van der Waals surface area contributed by atoms with Crippen molar-refractivity contribution in [3.05, 3.63) is 0 Å². The van der Waals surface area contributed by atoms with Gasteiger partial charge in [0, 0.05) is 26.2 Å². The first-order chi connectivity index (χ1) is 5.76. The molecule has 1 aliphatic heterocycles. The molecule has 0 aliphatic carbocycles. The minimum absolute atomic E-state index is 0.103. The second kappa shape index (κ2) is 4.42. The van der Waals surface area contributed by atoms with E-state index in [2.05, 4.69) is 15.5 Å². The van der Waals surface area contributed by atoms with E-state index in [-0.39, 0.29) is 5.91 Å². The summed E-state index contributed by atoms with van der Waals surface area (Å²) in [6.45, 7) is 2.55. The molecule has 1 atom stereocenters. The minimum Gasteiger partial charge on any atom is -0.358 e. The van der Waals surface area contributed by atoms with Crippen LogP contribution >= 0.6 is 0 Å². The third-order valence-corrected chi connectivity index (χ3v) is 2.33. The predicted octanol–water partition coefficient (Wildman–Crippen LogP) is -0.974. The summed E-state index contributed by atoms with van der Waals surface area (Å²) in [6, 6.07) is 0.564. The van der Waals surface area contributed by atoms with E-state index in [0.29, 0.717) is 12.6 Å². The van der Waals surface area contributed by atoms with Gasteiger partial charge in [-0.05, 0) is 13.5 Å². The van der Waals surface area contributed by atoms with E-state index < -0.39 is 0 Å². The number of hydrogen-bond donors (Lipinski definition) is 2. The predicted molar refractivity (Wildman–Crippen MR) is 48.0 cm³/mol. The number of nitrogens with one attached hydrogen (secondary N) is 2. The zero-order valence-corrected chi connectivity index (χ0v) is 7.76. The molecule has 0 bridgehead atoms. The minimum atomic E-state index is 0.103. The van der Waals surface area contributed by atoms with E-state index >= 15 is 0 Å². The molecule has 0 aromatic carbocycles. The molecule has 2 N–H and O–H groups in total. The highest BCUT2D eigenvalue weighted by Gasteiger charge is 2.21. The lowest BCUT2D eigenvalue weighted by atomic mass is 10.3. The van der Waals surface area contributed by atoms with Gasteiger partial charge in [0.25, 0.3) is 0 Å². The SMILES string of the molecule is CNC(=O)CN1CC[C@H](NC)C1. The largest absolute Gasteiger partial charge is 0.358 e. The summed E-state index contributed by atoms with van der Waals surface area (Å²) in [5, 5.41) is 5.84. The maximum atomic E-state index is 11.0. The Morgan fingerprint density at radius 1 is 1.58 bits per heavy atom. The van der Waals surface area contributed by atoms with Crippen LogP contribution in [0.4, 0.5) is 0 Å². The van der Waals surface area contributed by atoms with Gasteiger partial charge in [0.15, 0.2) is 0 Å². The first-order valence-electron chi connectivity index (χ1n) is 4.36. The van der Waals surface area contributed by atoms with Crippen LogP contribution in [0, 0.1) is 0 Å². The number of rotatable bonds is 3. The maximum absolute atomic E-state index is 11.0. The van der Waals surface area contributed by atoms with E-state index in [1.165, 1.54) is 0 Å². The first-order valence-corrected chi connectivity index (χ1v) is 4.36. The molecule has 0 aromatic heterocycles. The number of carbonyl (C=O) groups excluding carboxylic acids is 1. The Morgan fingerprint density at radius 2 is 2.33 bits per heavy atom. The fourth-order valence-corrected chi connectivity index (χ4v) is 1.49. The molecule has 12 heavy (non-hydrogen) atoms. The summed E-state index contributed by atoms with van der Waals surface area (Å²) in [5.74, 6) is 0.103. The molecule has 0 aromatic rings. The number of nitrogens with zero attached hydrogens (tertiary/aromatic N) is 1. The van der Waals surface area contributed by atoms with Crippen LogP contribution in [-0.2, 0) is 4.79 Å². The van der Waals surface area contributed by atoms with Crippen molar-refractivity contribution in [3.63, 3.8) is 0 Å². The molecule has 0 unspecified atom stereocenters. The Labute approximate surface area is 73.3 Å². The van der Waals surface area contributed by atoms with Gasteiger partial charge in [-0.25, -0.2) is 0 Å². The number of hydrogen-bond acceptors (Lipinski definition) is 3. The number of carbonyl (C=O) groups is 1. The highest BCUT2D eigenvalue weighted by molar-refractivity contribution is 5.77. The van der Waals surface area contributed by atoms with Crippen molar-refractivity contribution in [1.82, 2.24) is 15.5 Å². The van der Waals surface area contributed by atoms with Crippen molar-refractivity contribution in [1.29, 1.82) is 0 Å². The van der Waals surface area contributed by atoms with Crippen LogP contribution in [0.1, 0.15) is 6.42 Å². The van der Waals surface area contributed by atoms with Crippen LogP contribution in [0.2, 0.25) is 0 Å². The molecular weight excluding hydrogens is 154 g/mol. The van der Waals surface area contributed by atoms with E-state index in [1.54, 1.807) is 7.05 Å². The van der Waals surface area contributed by atoms with Crippen LogP contribution in [0.15, 0.2) is 0 Å². The zero-order chi connectivity index (χ0) is 8.97. The Hall–Kier alpha value is -0.610. The van der Waals surface area contributed by atoms with Gasteiger partial charge in [-0.2, -0.15) is 0 Å². The van der Waals surface area contributed by atoms with Gasteiger partial charge in [0.1, 0.15) is 0 Å². The lowest BCUT2D eigenvalue weighted by Crippen LogP contribution is -2.36. The van der Waals surface area contributed by atoms with Crippen molar-refractivity contribution < 1.29 is 4.79 Å². The molecule has 4 nitrogen and oxygen atoms in total. The van der Waals surface area contributed by atoms with Gasteiger partial charge >= 0.3 is 0 Å². The molecule has 1 aliphatic rings. The molecule has 4 heteroatoms. The monoisotopic (exact) mass is 171 g/mol. The highest BCUT2D eigenvalue weighted by Crippen LogP contribution is 2.07. The van der Waals surface area contributed by atoms with Gasteiger partial charge in [0.05, 0.1) is 6.54 Å². The lowest BCUT2D eigenvalue weighted by molar-refractivity contribution is -0.121. The van der Waals surface area contributed by atoms with Crippen LogP contribution in [-0.4, -0.2) is 50.6 Å². The van der Waals surface area contributed by atoms with E-state index in [9.17, 15) is 4.79 Å². The van der Waals surface area contributed by atoms with Gasteiger partial charge in [-0.15, -0.1) is 0 Å². The molecule has 1 fully saturated rings. The van der Waals surface area contributed by atoms with Gasteiger partial charge in [-0.1, -0.05) is 0 Å². The quantitative estimate of drug-likeness (QED) is 0.574. The molecule has 0 saturated carbocycles. The highest BCUT2D eigenvalue weighted by atomic mass is 16.1. The summed E-state index contributed by atoms with van der Waals surface area (Å²) >= 11 is 0. The summed E-state index contributed by atoms with van der Waals surface area (Å²) < 4.78 is 0. The average Bonchev–Trinajstić information content (AvgIpc) is 2.52. The molecule has 70 valence electrons. The van der Waals surface area contributed by atoms with Crippen molar-refractivity contribution in [2.24, 2.45) is 0 Å². The van der Waals surface area contributed by atoms with Crippen LogP contribution < -0.4 is 10.6 Å². The van der Waals surface area contributed by atoms with Crippen LogP contribution in [0.5, 0.6) is 0 Å². The molecular formula is C8H17N3O. The molecule has 1 amide bonds. The van der Waals surface area contributed by atoms with E-state index in [4.69, 9.17) is 0 Å². The Kier molecular flexibility index (Phi) is 3.49. The molecule has 0 radical (unpaired) electrons. The van der Waals surface area contributed by atoms with Gasteiger partial charge in [-0.3, -0.25) is 9.69 Å². The Bertz CT molecular complexity index is 160. The van der Waals surface area contributed by atoms with Gasteiger partial charge < -0.3 is 10.6 Å². The fraction of sp³-hybridized carbons (Fsp3) is 0.875. The second-order valence-electron chi connectivity index (χ2n) is 3.18. The van der Waals surface area contributed by atoms with Gasteiger partial charge in [0.2, 0.25) is 5.91 Å². The van der Waals surface area contributed by atoms with E-state index in [0.717, 1.165) is 19.5 Å². The zero-order valence-electron chi connectivity index (χ0n) is 7.76. The third kappa shape index (κ3) is 2.46. The second-order valence-corrected chi connectivity index (χ2v) is 3.18. The average molecular weight is 171 g/mol. The van der Waals surface area contributed by atoms with Crippen molar-refractivity contribution in [2.75, 3.05) is 33.7 Å². The van der Waals surface area contributed by atoms with Crippen LogP contribution in [0.3, 0.4) is 0 Å². The molecule has 0 spiro atoms. The molecule has 1 heterocycles. The summed E-state index contributed by atoms with van der Waals surface area (Å²) in [4.78, 5) is 13.2. The third-order valence-electron chi connectivity index (χ3n) is 2.33. The molecule has 1 rings (SSSR count). The number of amides is 1. The summed E-state index contributed by atoms with van der Waals surface area (Å²) in [7, 11) is 3.64. The normalized spacial score (nSPS) is 24.3. The Morgan fingerprint density at radius 3 is 2.83 bits per heavy atom. The van der Waals surface area contributed by atoms with Crippen molar-refractivity contribution >= 4 is 5.91 Å². The number of likely N-dealkylation sites (N-methyl/N-ethyl adjacent to an activating group) is 2. The van der Waals surface area contributed by atoms with Crippen molar-refractivity contribution in [2.45, 2.75) is 12.5 Å². The topological polar surface area (TPSA) is 44.4 Å². The summed E-state index contributed by atoms with van der Waals surface area (Å²) in [6.07, 6.45) is 1.15. The van der Waals surface area contributed by atoms with Crippen LogP contribution in [0.25, 0.3) is 0 Å². The summed E-state index contributed by atoms with van der Waals surface area (Å²) in [5.41, 5.74) is 0. The van der Waals surface area contributed by atoms with Crippen molar-refractivity contribution in [3.8, 4) is 0 Å². The standard InChI is InChI=1S/C8H17N3O/c1-9-7-3-4-11(5-7)6-8(12)10-2/h7,9H,3-6H2,1-2H3,(H,10,12)/t7-/m0/s1. The fourth-order valence-electron chi connectivity index (χ4n) is 1.49. The Balaban J connectivity index is 2.23. The lowest BCUT2D eigenvalue weighted by Gasteiger charge is -2.14. The molecule has 1 saturated heterocycles. The van der Waals surface area contributed by atoms with E-state index in [1.807, 2.05) is 7.05 Å². The maximum Gasteiger partial charge on any atom is 0.233 e. The smallest absolute Gasteiger partial charge is 0.233 e. The number of likely N-dealkylation sites (tertiary alicyclic amines) is 1.